The molecule has 1 aliphatic rings. The normalized spacial score (nSPS) is 12.8. The van der Waals surface area contributed by atoms with Crippen molar-refractivity contribution in [2.24, 2.45) is 0 Å². The Bertz CT molecular complexity index is 1240. The molecule has 1 aliphatic heterocycles. The topological polar surface area (TPSA) is 86.7 Å². The molecule has 3 aromatic carbocycles. The lowest BCUT2D eigenvalue weighted by Gasteiger charge is -2.16. The van der Waals surface area contributed by atoms with Crippen molar-refractivity contribution in [1.29, 1.82) is 0 Å². The minimum absolute atomic E-state index is 0.0335. The monoisotopic (exact) mass is 460 g/mol. The van der Waals surface area contributed by atoms with E-state index in [1.54, 1.807) is 30.3 Å². The van der Waals surface area contributed by atoms with Crippen LogP contribution in [0.2, 0.25) is 15.1 Å². The maximum atomic E-state index is 12.8. The third kappa shape index (κ3) is 3.50. The average molecular weight is 462 g/mol. The third-order valence-electron chi connectivity index (χ3n) is 4.54. The number of nitrogens with zero attached hydrogens (tertiary/aromatic N) is 1. The summed E-state index contributed by atoms with van der Waals surface area (Å²) in [6.07, 6.45) is 0. The Labute approximate surface area is 185 Å². The van der Waals surface area contributed by atoms with Crippen LogP contribution in [0.15, 0.2) is 54.6 Å². The Hall–Kier alpha value is -3.06. The van der Waals surface area contributed by atoms with Crippen molar-refractivity contribution >= 4 is 69.6 Å². The minimum Gasteiger partial charge on any atom is -0.478 e. The van der Waals surface area contributed by atoms with Crippen LogP contribution in [0, 0.1) is 0 Å². The average Bonchev–Trinajstić information content (AvgIpc) is 2.95. The summed E-state index contributed by atoms with van der Waals surface area (Å²) in [5, 5.41) is 13.3. The molecule has 150 valence electrons. The third-order valence-corrected chi connectivity index (χ3v) is 5.41. The molecule has 0 bridgehead atoms. The lowest BCUT2D eigenvalue weighted by Crippen LogP contribution is -2.29. The fourth-order valence-corrected chi connectivity index (χ4v) is 3.77. The van der Waals surface area contributed by atoms with E-state index in [0.717, 1.165) is 4.90 Å². The van der Waals surface area contributed by atoms with E-state index in [9.17, 15) is 14.4 Å². The molecule has 0 saturated carbocycles. The van der Waals surface area contributed by atoms with Gasteiger partial charge in [-0.25, -0.2) is 9.69 Å². The number of amides is 2. The van der Waals surface area contributed by atoms with Crippen LogP contribution in [0.3, 0.4) is 0 Å². The van der Waals surface area contributed by atoms with Crippen LogP contribution >= 0.6 is 34.8 Å². The number of imide groups is 1. The van der Waals surface area contributed by atoms with E-state index in [-0.39, 0.29) is 27.4 Å². The van der Waals surface area contributed by atoms with Crippen LogP contribution in [-0.4, -0.2) is 22.9 Å². The largest absolute Gasteiger partial charge is 0.478 e. The van der Waals surface area contributed by atoms with Gasteiger partial charge in [-0.05, 0) is 54.6 Å². The number of benzene rings is 3. The summed E-state index contributed by atoms with van der Waals surface area (Å²) in [6, 6.07) is 13.4. The molecule has 2 N–H and O–H groups in total. The van der Waals surface area contributed by atoms with Crippen LogP contribution in [0.4, 0.5) is 17.1 Å². The van der Waals surface area contributed by atoms with Crippen molar-refractivity contribution in [2.45, 2.75) is 0 Å². The van der Waals surface area contributed by atoms with E-state index in [2.05, 4.69) is 5.32 Å². The summed E-state index contributed by atoms with van der Waals surface area (Å²) in [5.74, 6) is -2.35. The van der Waals surface area contributed by atoms with Crippen molar-refractivity contribution in [3.8, 4) is 0 Å². The quantitative estimate of drug-likeness (QED) is 0.473. The van der Waals surface area contributed by atoms with Gasteiger partial charge >= 0.3 is 5.97 Å². The molecule has 0 aliphatic carbocycles. The number of halogens is 3. The molecule has 30 heavy (non-hydrogen) atoms. The fourth-order valence-electron chi connectivity index (χ4n) is 3.09. The van der Waals surface area contributed by atoms with Gasteiger partial charge in [0.05, 0.1) is 43.8 Å². The maximum Gasteiger partial charge on any atom is 0.335 e. The molecule has 2 amide bonds. The molecule has 0 radical (unpaired) electrons. The highest BCUT2D eigenvalue weighted by Crippen LogP contribution is 2.36. The number of aromatic carboxylic acids is 1. The van der Waals surface area contributed by atoms with Crippen LogP contribution < -0.4 is 10.2 Å². The van der Waals surface area contributed by atoms with Gasteiger partial charge in [0.15, 0.2) is 0 Å². The number of hydrogen-bond acceptors (Lipinski definition) is 4. The predicted molar refractivity (Wildman–Crippen MR) is 116 cm³/mol. The second-order valence-electron chi connectivity index (χ2n) is 6.42. The highest BCUT2D eigenvalue weighted by molar-refractivity contribution is 6.38. The first-order valence-corrected chi connectivity index (χ1v) is 9.67. The van der Waals surface area contributed by atoms with Crippen molar-refractivity contribution in [1.82, 2.24) is 0 Å². The fraction of sp³-hybridized carbons (Fsp3) is 0. The summed E-state index contributed by atoms with van der Waals surface area (Å²) in [5.41, 5.74) is 1.44. The summed E-state index contributed by atoms with van der Waals surface area (Å²) in [6.45, 7) is 0. The molecular weight excluding hydrogens is 451 g/mol. The Kier molecular flexibility index (Phi) is 5.15. The Morgan fingerprint density at radius 2 is 1.43 bits per heavy atom. The molecule has 0 unspecified atom stereocenters. The minimum atomic E-state index is -1.18. The van der Waals surface area contributed by atoms with Gasteiger partial charge in [-0.1, -0.05) is 34.8 Å². The van der Waals surface area contributed by atoms with Gasteiger partial charge in [-0.15, -0.1) is 0 Å². The Morgan fingerprint density at radius 3 is 2.07 bits per heavy atom. The van der Waals surface area contributed by atoms with E-state index >= 15 is 0 Å². The number of carboxylic acids is 1. The number of carbonyl (C=O) groups is 3. The van der Waals surface area contributed by atoms with E-state index in [1.807, 2.05) is 0 Å². The number of carboxylic acid groups (broad SMARTS) is 1. The number of fused-ring (bicyclic) bond motifs is 1. The zero-order chi connectivity index (χ0) is 21.6. The second kappa shape index (κ2) is 7.65. The zero-order valence-electron chi connectivity index (χ0n) is 14.9. The first kappa shape index (κ1) is 20.2. The van der Waals surface area contributed by atoms with Crippen LogP contribution in [0.25, 0.3) is 0 Å². The van der Waals surface area contributed by atoms with Gasteiger partial charge in [0.1, 0.15) is 0 Å². The molecule has 0 fully saturated rings. The van der Waals surface area contributed by atoms with Crippen LogP contribution in [0.5, 0.6) is 0 Å². The van der Waals surface area contributed by atoms with Crippen LogP contribution in [-0.2, 0) is 0 Å². The summed E-state index contributed by atoms with van der Waals surface area (Å²) in [4.78, 5) is 37.6. The summed E-state index contributed by atoms with van der Waals surface area (Å²) in [7, 11) is 0. The van der Waals surface area contributed by atoms with Crippen molar-refractivity contribution in [3.63, 3.8) is 0 Å². The van der Waals surface area contributed by atoms with Crippen LogP contribution in [0.1, 0.15) is 31.1 Å². The Morgan fingerprint density at radius 1 is 0.800 bits per heavy atom. The number of hydrogen-bond donors (Lipinski definition) is 2. The molecular formula is C21H11Cl3N2O4. The standard InChI is InChI=1S/C21H11Cl3N2O4/c22-11-2-5-17(15(23)8-11)25-18-6-3-12(9-16(18)24)26-19(27)13-4-1-10(21(29)30)7-14(13)20(26)28/h1-9,25H,(H,29,30). The van der Waals surface area contributed by atoms with E-state index in [4.69, 9.17) is 39.9 Å². The number of nitrogens with one attached hydrogen (secondary N) is 1. The van der Waals surface area contributed by atoms with Crippen molar-refractivity contribution in [3.05, 3.63) is 86.4 Å². The highest BCUT2D eigenvalue weighted by atomic mass is 35.5. The van der Waals surface area contributed by atoms with Gasteiger partial charge in [0.25, 0.3) is 11.8 Å². The molecule has 6 nitrogen and oxygen atoms in total. The van der Waals surface area contributed by atoms with E-state index < -0.39 is 17.8 Å². The summed E-state index contributed by atoms with van der Waals surface area (Å²) < 4.78 is 0. The van der Waals surface area contributed by atoms with Crippen molar-refractivity contribution in [2.75, 3.05) is 10.2 Å². The van der Waals surface area contributed by atoms with Gasteiger partial charge < -0.3 is 10.4 Å². The van der Waals surface area contributed by atoms with E-state index in [1.165, 1.54) is 24.3 Å². The van der Waals surface area contributed by atoms with Crippen molar-refractivity contribution < 1.29 is 19.5 Å². The van der Waals surface area contributed by atoms with Gasteiger partial charge in [0.2, 0.25) is 0 Å². The lowest BCUT2D eigenvalue weighted by atomic mass is 10.1. The molecule has 4 rings (SSSR count). The Balaban J connectivity index is 1.65. The smallest absolute Gasteiger partial charge is 0.335 e. The van der Waals surface area contributed by atoms with Gasteiger partial charge in [-0.3, -0.25) is 9.59 Å². The first-order chi connectivity index (χ1) is 14.3. The zero-order valence-corrected chi connectivity index (χ0v) is 17.2. The molecule has 1 heterocycles. The molecule has 0 aromatic heterocycles. The maximum absolute atomic E-state index is 12.8. The molecule has 0 atom stereocenters. The highest BCUT2D eigenvalue weighted by Gasteiger charge is 2.37. The second-order valence-corrected chi connectivity index (χ2v) is 7.68. The summed E-state index contributed by atoms with van der Waals surface area (Å²) >= 11 is 18.4. The van der Waals surface area contributed by atoms with Gasteiger partial charge in [0, 0.05) is 5.02 Å². The van der Waals surface area contributed by atoms with E-state index in [0.29, 0.717) is 21.4 Å². The molecule has 9 heteroatoms. The van der Waals surface area contributed by atoms with Gasteiger partial charge in [-0.2, -0.15) is 0 Å². The SMILES string of the molecule is O=C(O)c1ccc2c(c1)C(=O)N(c1ccc(Nc3ccc(Cl)cc3Cl)c(Cl)c1)C2=O. The molecule has 0 spiro atoms. The number of rotatable bonds is 4. The lowest BCUT2D eigenvalue weighted by molar-refractivity contribution is 0.0696. The number of carbonyl (C=O) groups excluding carboxylic acids is 2. The molecule has 3 aromatic rings. The first-order valence-electron chi connectivity index (χ1n) is 8.54. The number of anilines is 3. The molecule has 0 saturated heterocycles. The predicted octanol–water partition coefficient (Wildman–Crippen LogP) is 5.89.